The second-order valence-electron chi connectivity index (χ2n) is 3.05. The van der Waals surface area contributed by atoms with Crippen molar-refractivity contribution in [1.29, 1.82) is 0 Å². The van der Waals surface area contributed by atoms with E-state index < -0.39 is 0 Å². The molecule has 0 atom stereocenters. The van der Waals surface area contributed by atoms with Gasteiger partial charge >= 0.3 is 0 Å². The Labute approximate surface area is 71.9 Å². The van der Waals surface area contributed by atoms with Gasteiger partial charge in [-0.2, -0.15) is 0 Å². The molecule has 0 saturated heterocycles. The molecule has 0 aromatic heterocycles. The van der Waals surface area contributed by atoms with Crippen LogP contribution in [-0.4, -0.2) is 6.54 Å². The van der Waals surface area contributed by atoms with Crippen LogP contribution in [0, 0.1) is 0 Å². The SMILES string of the molecule is NNc1ccc2c(c1)CNCC2. The quantitative estimate of drug-likeness (QED) is 0.420. The summed E-state index contributed by atoms with van der Waals surface area (Å²) in [7, 11) is 0. The average Bonchev–Trinajstić information content (AvgIpc) is 2.17. The minimum Gasteiger partial charge on any atom is -0.324 e. The van der Waals surface area contributed by atoms with Gasteiger partial charge in [-0.25, -0.2) is 0 Å². The molecule has 1 aromatic carbocycles. The number of fused-ring (bicyclic) bond motifs is 1. The molecule has 0 aliphatic carbocycles. The Bertz CT molecular complexity index is 283. The lowest BCUT2D eigenvalue weighted by Gasteiger charge is -2.17. The van der Waals surface area contributed by atoms with Crippen molar-refractivity contribution in [3.05, 3.63) is 29.3 Å². The van der Waals surface area contributed by atoms with E-state index in [4.69, 9.17) is 5.84 Å². The molecule has 1 aromatic rings. The van der Waals surface area contributed by atoms with Gasteiger partial charge in [-0.3, -0.25) is 5.84 Å². The van der Waals surface area contributed by atoms with Crippen LogP contribution < -0.4 is 16.6 Å². The molecule has 0 radical (unpaired) electrons. The summed E-state index contributed by atoms with van der Waals surface area (Å²) in [6.07, 6.45) is 1.13. The zero-order valence-electron chi connectivity index (χ0n) is 6.93. The fraction of sp³-hybridized carbons (Fsp3) is 0.333. The Balaban J connectivity index is 2.36. The highest BCUT2D eigenvalue weighted by Gasteiger charge is 2.07. The van der Waals surface area contributed by atoms with Gasteiger partial charge < -0.3 is 10.7 Å². The third-order valence-electron chi connectivity index (χ3n) is 2.26. The first-order valence-corrected chi connectivity index (χ1v) is 4.19. The minimum absolute atomic E-state index is 0.963. The van der Waals surface area contributed by atoms with Gasteiger partial charge in [-0.1, -0.05) is 6.07 Å². The zero-order chi connectivity index (χ0) is 8.39. The Hall–Kier alpha value is -1.06. The van der Waals surface area contributed by atoms with E-state index in [-0.39, 0.29) is 0 Å². The van der Waals surface area contributed by atoms with Crippen LogP contribution in [0.5, 0.6) is 0 Å². The summed E-state index contributed by atoms with van der Waals surface area (Å²) in [5.74, 6) is 5.31. The largest absolute Gasteiger partial charge is 0.324 e. The summed E-state index contributed by atoms with van der Waals surface area (Å²) in [6.45, 7) is 2.05. The third kappa shape index (κ3) is 1.29. The maximum absolute atomic E-state index is 5.31. The van der Waals surface area contributed by atoms with Crippen LogP contribution in [0.25, 0.3) is 0 Å². The summed E-state index contributed by atoms with van der Waals surface area (Å²) in [5, 5.41) is 3.32. The first-order valence-electron chi connectivity index (χ1n) is 4.19. The van der Waals surface area contributed by atoms with E-state index in [0.29, 0.717) is 0 Å². The van der Waals surface area contributed by atoms with Crippen LogP contribution in [0.3, 0.4) is 0 Å². The van der Waals surface area contributed by atoms with Crippen LogP contribution in [0.4, 0.5) is 5.69 Å². The first-order chi connectivity index (χ1) is 5.90. The van der Waals surface area contributed by atoms with Gasteiger partial charge in [0.05, 0.1) is 0 Å². The second kappa shape index (κ2) is 3.13. The predicted molar refractivity (Wildman–Crippen MR) is 49.7 cm³/mol. The molecular weight excluding hydrogens is 150 g/mol. The molecule has 0 amide bonds. The van der Waals surface area contributed by atoms with Crippen molar-refractivity contribution >= 4 is 5.69 Å². The van der Waals surface area contributed by atoms with Crippen molar-refractivity contribution in [2.45, 2.75) is 13.0 Å². The molecule has 4 N–H and O–H groups in total. The molecular formula is C9H13N3. The maximum Gasteiger partial charge on any atom is 0.0488 e. The van der Waals surface area contributed by atoms with Gasteiger partial charge in [0.15, 0.2) is 0 Å². The van der Waals surface area contributed by atoms with E-state index in [1.54, 1.807) is 0 Å². The van der Waals surface area contributed by atoms with Crippen molar-refractivity contribution in [2.75, 3.05) is 12.0 Å². The Morgan fingerprint density at radius 3 is 3.08 bits per heavy atom. The number of nitrogens with one attached hydrogen (secondary N) is 2. The van der Waals surface area contributed by atoms with Crippen LogP contribution >= 0.6 is 0 Å². The maximum atomic E-state index is 5.31. The molecule has 12 heavy (non-hydrogen) atoms. The van der Waals surface area contributed by atoms with Crippen molar-refractivity contribution in [1.82, 2.24) is 5.32 Å². The fourth-order valence-corrected chi connectivity index (χ4v) is 1.57. The van der Waals surface area contributed by atoms with Gasteiger partial charge in [0, 0.05) is 12.2 Å². The van der Waals surface area contributed by atoms with Crippen LogP contribution in [-0.2, 0) is 13.0 Å². The van der Waals surface area contributed by atoms with Crippen LogP contribution in [0.15, 0.2) is 18.2 Å². The summed E-state index contributed by atoms with van der Waals surface area (Å²) >= 11 is 0. The summed E-state index contributed by atoms with van der Waals surface area (Å²) in [4.78, 5) is 0. The number of benzene rings is 1. The highest BCUT2D eigenvalue weighted by Crippen LogP contribution is 2.17. The topological polar surface area (TPSA) is 50.1 Å². The number of hydrogen-bond acceptors (Lipinski definition) is 3. The lowest BCUT2D eigenvalue weighted by atomic mass is 10.0. The smallest absolute Gasteiger partial charge is 0.0488 e. The lowest BCUT2D eigenvalue weighted by molar-refractivity contribution is 0.644. The summed E-state index contributed by atoms with van der Waals surface area (Å²) in [6, 6.07) is 6.26. The molecule has 64 valence electrons. The highest BCUT2D eigenvalue weighted by atomic mass is 15.2. The molecule has 3 nitrogen and oxygen atoms in total. The van der Waals surface area contributed by atoms with Crippen molar-refractivity contribution in [3.63, 3.8) is 0 Å². The zero-order valence-corrected chi connectivity index (χ0v) is 6.93. The number of anilines is 1. The number of hydrogen-bond donors (Lipinski definition) is 3. The van der Waals surface area contributed by atoms with Gasteiger partial charge in [0.25, 0.3) is 0 Å². The average molecular weight is 163 g/mol. The Morgan fingerprint density at radius 2 is 2.25 bits per heavy atom. The molecule has 1 aliphatic rings. The number of nitrogens with two attached hydrogens (primary N) is 1. The van der Waals surface area contributed by atoms with Crippen molar-refractivity contribution in [2.24, 2.45) is 5.84 Å². The van der Waals surface area contributed by atoms with Crippen LogP contribution in [0.1, 0.15) is 11.1 Å². The standard InChI is InChI=1S/C9H13N3/c10-12-9-2-1-7-3-4-11-6-8(7)5-9/h1-2,5,11-12H,3-4,6,10H2. The van der Waals surface area contributed by atoms with E-state index in [2.05, 4.69) is 22.9 Å². The molecule has 0 bridgehead atoms. The van der Waals surface area contributed by atoms with Crippen molar-refractivity contribution < 1.29 is 0 Å². The van der Waals surface area contributed by atoms with Gasteiger partial charge in [0.1, 0.15) is 0 Å². The number of rotatable bonds is 1. The van der Waals surface area contributed by atoms with Crippen LogP contribution in [0.2, 0.25) is 0 Å². The first kappa shape index (κ1) is 7.58. The van der Waals surface area contributed by atoms with Gasteiger partial charge in [-0.05, 0) is 36.2 Å². The van der Waals surface area contributed by atoms with E-state index in [1.807, 2.05) is 6.07 Å². The highest BCUT2D eigenvalue weighted by molar-refractivity contribution is 5.48. The second-order valence-corrected chi connectivity index (χ2v) is 3.05. The van der Waals surface area contributed by atoms with E-state index >= 15 is 0 Å². The lowest BCUT2D eigenvalue weighted by Crippen LogP contribution is -2.23. The number of nitrogen functional groups attached to an aromatic ring is 1. The predicted octanol–water partition coefficient (Wildman–Crippen LogP) is 0.618. The minimum atomic E-state index is 0.963. The normalized spacial score (nSPS) is 15.4. The van der Waals surface area contributed by atoms with Crippen molar-refractivity contribution in [3.8, 4) is 0 Å². The van der Waals surface area contributed by atoms with E-state index in [1.165, 1.54) is 11.1 Å². The molecule has 1 heterocycles. The van der Waals surface area contributed by atoms with Gasteiger partial charge in [0.2, 0.25) is 0 Å². The molecule has 0 fully saturated rings. The third-order valence-corrected chi connectivity index (χ3v) is 2.26. The molecule has 2 rings (SSSR count). The van der Waals surface area contributed by atoms with E-state index in [9.17, 15) is 0 Å². The fourth-order valence-electron chi connectivity index (χ4n) is 1.57. The van der Waals surface area contributed by atoms with Gasteiger partial charge in [-0.15, -0.1) is 0 Å². The molecule has 0 spiro atoms. The Morgan fingerprint density at radius 1 is 1.33 bits per heavy atom. The molecule has 0 unspecified atom stereocenters. The van der Waals surface area contributed by atoms with E-state index in [0.717, 1.165) is 25.2 Å². The summed E-state index contributed by atoms with van der Waals surface area (Å²) in [5.41, 5.74) is 6.43. The summed E-state index contributed by atoms with van der Waals surface area (Å²) < 4.78 is 0. The molecule has 3 heteroatoms. The Kier molecular flexibility index (Phi) is 1.98. The number of hydrazine groups is 1. The molecule has 1 aliphatic heterocycles. The molecule has 0 saturated carbocycles. The monoisotopic (exact) mass is 163 g/mol.